The molecule has 20 heavy (non-hydrogen) atoms. The van der Waals surface area contributed by atoms with E-state index in [-0.39, 0.29) is 0 Å². The smallest absolute Gasteiger partial charge is 0.161 e. The summed E-state index contributed by atoms with van der Waals surface area (Å²) in [4.78, 5) is 0. The quantitative estimate of drug-likeness (QED) is 0.818. The molecule has 2 aromatic rings. The average Bonchev–Trinajstić information content (AvgIpc) is 2.49. The van der Waals surface area contributed by atoms with Gasteiger partial charge in [-0.15, -0.1) is 0 Å². The van der Waals surface area contributed by atoms with E-state index in [1.165, 1.54) is 5.56 Å². The lowest BCUT2D eigenvalue weighted by atomic mass is 10.1. The Hall–Kier alpha value is -2.16. The van der Waals surface area contributed by atoms with Crippen LogP contribution < -0.4 is 15.2 Å². The number of anilines is 1. The van der Waals surface area contributed by atoms with Crippen molar-refractivity contribution < 1.29 is 9.47 Å². The number of para-hydroxylation sites is 1. The number of ether oxygens (including phenoxy) is 2. The Morgan fingerprint density at radius 1 is 1.05 bits per heavy atom. The minimum atomic E-state index is 0.579. The van der Waals surface area contributed by atoms with Crippen LogP contribution in [0.4, 0.5) is 5.69 Å². The molecule has 0 saturated heterocycles. The fourth-order valence-corrected chi connectivity index (χ4v) is 2.08. The lowest BCUT2D eigenvalue weighted by molar-refractivity contribution is 0.297. The minimum absolute atomic E-state index is 0.579. The van der Waals surface area contributed by atoms with Crippen LogP contribution in [0.25, 0.3) is 0 Å². The van der Waals surface area contributed by atoms with E-state index in [0.717, 1.165) is 35.6 Å². The van der Waals surface area contributed by atoms with E-state index in [9.17, 15) is 0 Å². The van der Waals surface area contributed by atoms with Crippen molar-refractivity contribution in [1.82, 2.24) is 0 Å². The van der Waals surface area contributed by atoms with Crippen molar-refractivity contribution in [3.05, 3.63) is 53.6 Å². The zero-order chi connectivity index (χ0) is 14.4. The molecule has 0 aliphatic carbocycles. The van der Waals surface area contributed by atoms with Gasteiger partial charge in [-0.25, -0.2) is 0 Å². The molecular formula is C17H21NO2. The first kappa shape index (κ1) is 14.3. The molecule has 2 aromatic carbocycles. The molecule has 0 saturated carbocycles. The maximum Gasteiger partial charge on any atom is 0.161 e. The molecule has 0 radical (unpaired) electrons. The normalized spacial score (nSPS) is 10.3. The number of hydrogen-bond donors (Lipinski definition) is 1. The number of methoxy groups -OCH3 is 1. The standard InChI is InChI=1S/C17H21NO2/c1-3-13-8-9-16(17(12-13)19-2)20-11-10-14-6-4-5-7-15(14)18/h4-9,12H,3,10-11,18H2,1-2H3. The summed E-state index contributed by atoms with van der Waals surface area (Å²) in [6, 6.07) is 13.9. The van der Waals surface area contributed by atoms with E-state index in [1.54, 1.807) is 7.11 Å². The number of nitrogens with two attached hydrogens (primary N) is 1. The topological polar surface area (TPSA) is 44.5 Å². The molecule has 2 rings (SSSR count). The predicted octanol–water partition coefficient (Wildman–Crippen LogP) is 3.46. The Bertz CT molecular complexity index is 567. The first-order valence-corrected chi connectivity index (χ1v) is 6.87. The molecule has 0 aromatic heterocycles. The van der Waals surface area contributed by atoms with Crippen LogP contribution in [0.3, 0.4) is 0 Å². The highest BCUT2D eigenvalue weighted by Crippen LogP contribution is 2.28. The van der Waals surface area contributed by atoms with E-state index >= 15 is 0 Å². The van der Waals surface area contributed by atoms with Gasteiger partial charge in [-0.3, -0.25) is 0 Å². The van der Waals surface area contributed by atoms with Gasteiger partial charge in [0.05, 0.1) is 13.7 Å². The Balaban J connectivity index is 1.99. The summed E-state index contributed by atoms with van der Waals surface area (Å²) < 4.78 is 11.2. The van der Waals surface area contributed by atoms with Gasteiger partial charge in [0.25, 0.3) is 0 Å². The third kappa shape index (κ3) is 3.44. The fourth-order valence-electron chi connectivity index (χ4n) is 2.08. The molecule has 2 N–H and O–H groups in total. The molecule has 0 amide bonds. The second-order valence-corrected chi connectivity index (χ2v) is 4.64. The van der Waals surface area contributed by atoms with Crippen molar-refractivity contribution in [1.29, 1.82) is 0 Å². The summed E-state index contributed by atoms with van der Waals surface area (Å²) in [7, 11) is 1.66. The molecule has 106 valence electrons. The van der Waals surface area contributed by atoms with E-state index in [4.69, 9.17) is 15.2 Å². The van der Waals surface area contributed by atoms with Gasteiger partial charge < -0.3 is 15.2 Å². The van der Waals surface area contributed by atoms with Crippen LogP contribution in [0, 0.1) is 0 Å². The van der Waals surface area contributed by atoms with Crippen molar-refractivity contribution >= 4 is 5.69 Å². The number of rotatable bonds is 6. The van der Waals surface area contributed by atoms with Crippen LogP contribution in [-0.4, -0.2) is 13.7 Å². The van der Waals surface area contributed by atoms with Gasteiger partial charge in [-0.1, -0.05) is 31.2 Å². The predicted molar refractivity (Wildman–Crippen MR) is 82.4 cm³/mol. The fraction of sp³-hybridized carbons (Fsp3) is 0.294. The van der Waals surface area contributed by atoms with Gasteiger partial charge in [0.2, 0.25) is 0 Å². The van der Waals surface area contributed by atoms with Gasteiger partial charge in [0, 0.05) is 12.1 Å². The molecule has 0 unspecified atom stereocenters. The average molecular weight is 271 g/mol. The van der Waals surface area contributed by atoms with Crippen LogP contribution in [0.1, 0.15) is 18.1 Å². The third-order valence-electron chi connectivity index (χ3n) is 3.32. The third-order valence-corrected chi connectivity index (χ3v) is 3.32. The van der Waals surface area contributed by atoms with Crippen LogP contribution in [-0.2, 0) is 12.8 Å². The van der Waals surface area contributed by atoms with Crippen LogP contribution in [0.15, 0.2) is 42.5 Å². The maximum atomic E-state index is 5.91. The molecule has 0 aliphatic heterocycles. The van der Waals surface area contributed by atoms with Gasteiger partial charge in [-0.05, 0) is 35.7 Å². The van der Waals surface area contributed by atoms with E-state index in [2.05, 4.69) is 13.0 Å². The molecule has 0 bridgehead atoms. The number of aryl methyl sites for hydroxylation is 1. The van der Waals surface area contributed by atoms with Gasteiger partial charge >= 0.3 is 0 Å². The highest BCUT2D eigenvalue weighted by molar-refractivity contribution is 5.46. The molecule has 0 spiro atoms. The Kier molecular flexibility index (Phi) is 4.88. The van der Waals surface area contributed by atoms with Crippen molar-refractivity contribution in [2.45, 2.75) is 19.8 Å². The SMILES string of the molecule is CCc1ccc(OCCc2ccccc2N)c(OC)c1. The van der Waals surface area contributed by atoms with Crippen LogP contribution in [0.2, 0.25) is 0 Å². The second-order valence-electron chi connectivity index (χ2n) is 4.64. The van der Waals surface area contributed by atoms with Gasteiger partial charge in [0.15, 0.2) is 11.5 Å². The molecular weight excluding hydrogens is 250 g/mol. The van der Waals surface area contributed by atoms with Crippen molar-refractivity contribution in [2.24, 2.45) is 0 Å². The monoisotopic (exact) mass is 271 g/mol. The summed E-state index contributed by atoms with van der Waals surface area (Å²) in [5, 5.41) is 0. The molecule has 0 heterocycles. The summed E-state index contributed by atoms with van der Waals surface area (Å²) in [6.07, 6.45) is 1.77. The van der Waals surface area contributed by atoms with Crippen molar-refractivity contribution in [3.8, 4) is 11.5 Å². The highest BCUT2D eigenvalue weighted by Gasteiger charge is 2.06. The molecule has 0 aliphatic rings. The first-order valence-electron chi connectivity index (χ1n) is 6.87. The number of benzene rings is 2. The Labute approximate surface area is 120 Å². The lowest BCUT2D eigenvalue weighted by Crippen LogP contribution is -2.04. The van der Waals surface area contributed by atoms with Crippen molar-refractivity contribution in [2.75, 3.05) is 19.5 Å². The van der Waals surface area contributed by atoms with Gasteiger partial charge in [-0.2, -0.15) is 0 Å². The molecule has 0 atom stereocenters. The highest BCUT2D eigenvalue weighted by atomic mass is 16.5. The minimum Gasteiger partial charge on any atom is -0.493 e. The maximum absolute atomic E-state index is 5.91. The summed E-state index contributed by atoms with van der Waals surface area (Å²) in [6.45, 7) is 2.70. The summed E-state index contributed by atoms with van der Waals surface area (Å²) in [5.74, 6) is 1.56. The number of nitrogen functional groups attached to an aromatic ring is 1. The summed E-state index contributed by atoms with van der Waals surface area (Å²) in [5.41, 5.74) is 9.07. The zero-order valence-electron chi connectivity index (χ0n) is 12.1. The second kappa shape index (κ2) is 6.85. The van der Waals surface area contributed by atoms with E-state index in [0.29, 0.717) is 6.61 Å². The van der Waals surface area contributed by atoms with E-state index in [1.807, 2.05) is 36.4 Å². The zero-order valence-corrected chi connectivity index (χ0v) is 12.1. The molecule has 3 heteroatoms. The van der Waals surface area contributed by atoms with Crippen LogP contribution >= 0.6 is 0 Å². The van der Waals surface area contributed by atoms with Gasteiger partial charge in [0.1, 0.15) is 0 Å². The van der Waals surface area contributed by atoms with Crippen molar-refractivity contribution in [3.63, 3.8) is 0 Å². The largest absolute Gasteiger partial charge is 0.493 e. The molecule has 0 fully saturated rings. The molecule has 3 nitrogen and oxygen atoms in total. The first-order chi connectivity index (χ1) is 9.74. The Morgan fingerprint density at radius 2 is 1.85 bits per heavy atom. The van der Waals surface area contributed by atoms with E-state index < -0.39 is 0 Å². The Morgan fingerprint density at radius 3 is 2.55 bits per heavy atom. The summed E-state index contributed by atoms with van der Waals surface area (Å²) >= 11 is 0. The lowest BCUT2D eigenvalue weighted by Gasteiger charge is -2.12. The van der Waals surface area contributed by atoms with Crippen LogP contribution in [0.5, 0.6) is 11.5 Å². The number of hydrogen-bond acceptors (Lipinski definition) is 3.